The van der Waals surface area contributed by atoms with Gasteiger partial charge in [0.2, 0.25) is 0 Å². The van der Waals surface area contributed by atoms with Crippen molar-refractivity contribution in [3.05, 3.63) is 98.5 Å². The number of hydrogen-bond acceptors (Lipinski definition) is 3. The Kier molecular flexibility index (Phi) is 5.23. The van der Waals surface area contributed by atoms with Crippen LogP contribution in [-0.2, 0) is 5.41 Å². The molecule has 0 spiro atoms. The zero-order valence-corrected chi connectivity index (χ0v) is 17.4. The van der Waals surface area contributed by atoms with E-state index in [2.05, 4.69) is 16.4 Å². The first-order chi connectivity index (χ1) is 14.3. The third kappa shape index (κ3) is 3.54. The fraction of sp³-hybridized carbons (Fsp3) is 0.174. The van der Waals surface area contributed by atoms with Crippen LogP contribution < -0.4 is 5.32 Å². The number of carbonyl (C=O) groups excluding carboxylic acids is 1. The van der Waals surface area contributed by atoms with E-state index in [1.54, 1.807) is 37.3 Å². The number of nitriles is 1. The van der Waals surface area contributed by atoms with Crippen molar-refractivity contribution in [1.82, 2.24) is 10.3 Å². The lowest BCUT2D eigenvalue weighted by Crippen LogP contribution is -2.32. The van der Waals surface area contributed by atoms with E-state index in [4.69, 9.17) is 28.5 Å². The molecular formula is C23H16Cl2FN3O. The van der Waals surface area contributed by atoms with Crippen LogP contribution in [0.3, 0.4) is 0 Å². The van der Waals surface area contributed by atoms with Crippen molar-refractivity contribution >= 4 is 29.1 Å². The first-order valence-corrected chi connectivity index (χ1v) is 10.00. The highest BCUT2D eigenvalue weighted by Crippen LogP contribution is 2.54. The summed E-state index contributed by atoms with van der Waals surface area (Å²) in [4.78, 5) is 17.1. The predicted octanol–water partition coefficient (Wildman–Crippen LogP) is 5.20. The Bertz CT molecular complexity index is 1190. The minimum atomic E-state index is -0.809. The highest BCUT2D eigenvalue weighted by Gasteiger charge is 2.59. The molecule has 0 aliphatic heterocycles. The fourth-order valence-corrected chi connectivity index (χ4v) is 4.09. The van der Waals surface area contributed by atoms with Crippen molar-refractivity contribution in [2.45, 2.75) is 24.8 Å². The molecule has 2 unspecified atom stereocenters. The number of nitrogens with zero attached hydrogens (tertiary/aromatic N) is 2. The second kappa shape index (κ2) is 7.71. The smallest absolute Gasteiger partial charge is 0.251 e. The lowest BCUT2D eigenvalue weighted by Gasteiger charge is -2.19. The molecule has 30 heavy (non-hydrogen) atoms. The molecule has 4 rings (SSSR count). The van der Waals surface area contributed by atoms with Crippen molar-refractivity contribution in [2.24, 2.45) is 0 Å². The molecule has 2 atom stereocenters. The first-order valence-electron chi connectivity index (χ1n) is 9.24. The summed E-state index contributed by atoms with van der Waals surface area (Å²) in [6, 6.07) is 14.9. The molecule has 150 valence electrons. The van der Waals surface area contributed by atoms with E-state index >= 15 is 0 Å². The molecule has 3 aromatic rings. The summed E-state index contributed by atoms with van der Waals surface area (Å²) in [5, 5.41) is 12.8. The number of amides is 1. The number of aromatic nitrogens is 1. The zero-order valence-electron chi connectivity index (χ0n) is 15.9. The summed E-state index contributed by atoms with van der Waals surface area (Å²) in [6.07, 6.45) is 1.89. The summed E-state index contributed by atoms with van der Waals surface area (Å²) in [6.45, 7) is 1.78. The van der Waals surface area contributed by atoms with Gasteiger partial charge in [-0.25, -0.2) is 4.39 Å². The summed E-state index contributed by atoms with van der Waals surface area (Å²) >= 11 is 11.9. The molecule has 1 N–H and O–H groups in total. The molecule has 1 aromatic heterocycles. The van der Waals surface area contributed by atoms with E-state index < -0.39 is 11.2 Å². The Hall–Kier alpha value is -2.94. The van der Waals surface area contributed by atoms with E-state index in [1.165, 1.54) is 12.3 Å². The average Bonchev–Trinajstić information content (AvgIpc) is 3.42. The van der Waals surface area contributed by atoms with Gasteiger partial charge in [-0.2, -0.15) is 5.26 Å². The molecule has 0 radical (unpaired) electrons. The van der Waals surface area contributed by atoms with Gasteiger partial charge < -0.3 is 5.32 Å². The summed E-state index contributed by atoms with van der Waals surface area (Å²) in [7, 11) is 0. The molecule has 0 saturated heterocycles. The van der Waals surface area contributed by atoms with E-state index in [-0.39, 0.29) is 22.7 Å². The quantitative estimate of drug-likeness (QED) is 0.607. The number of aryl methyl sites for hydroxylation is 1. The normalized spacial score (nSPS) is 19.8. The van der Waals surface area contributed by atoms with Crippen LogP contribution in [-0.4, -0.2) is 16.9 Å². The summed E-state index contributed by atoms with van der Waals surface area (Å²) in [5.41, 5.74) is 1.90. The highest BCUT2D eigenvalue weighted by atomic mass is 35.5. The van der Waals surface area contributed by atoms with Gasteiger partial charge in [0.1, 0.15) is 5.82 Å². The van der Waals surface area contributed by atoms with E-state index in [9.17, 15) is 9.18 Å². The lowest BCUT2D eigenvalue weighted by molar-refractivity contribution is 0.0948. The number of halogens is 3. The second-order valence-corrected chi connectivity index (χ2v) is 8.21. The monoisotopic (exact) mass is 439 g/mol. The molecule has 1 fully saturated rings. The third-order valence-corrected chi connectivity index (χ3v) is 5.92. The highest BCUT2D eigenvalue weighted by molar-refractivity contribution is 6.30. The van der Waals surface area contributed by atoms with Crippen molar-refractivity contribution in [3.63, 3.8) is 0 Å². The van der Waals surface area contributed by atoms with Crippen LogP contribution >= 0.6 is 23.2 Å². The number of rotatable bonds is 4. The maximum absolute atomic E-state index is 14.8. The van der Waals surface area contributed by atoms with Crippen molar-refractivity contribution in [1.29, 1.82) is 5.26 Å². The first kappa shape index (κ1) is 20.3. The van der Waals surface area contributed by atoms with Gasteiger partial charge in [0.25, 0.3) is 5.91 Å². The Balaban J connectivity index is 1.68. The Morgan fingerprint density at radius 2 is 1.93 bits per heavy atom. The van der Waals surface area contributed by atoms with Crippen LogP contribution in [0, 0.1) is 24.1 Å². The average molecular weight is 440 g/mol. The zero-order chi connectivity index (χ0) is 21.5. The van der Waals surface area contributed by atoms with Gasteiger partial charge in [0, 0.05) is 22.8 Å². The molecule has 4 nitrogen and oxygen atoms in total. The van der Waals surface area contributed by atoms with Gasteiger partial charge in [0.15, 0.2) is 0 Å². The minimum Gasteiger partial charge on any atom is -0.348 e. The Morgan fingerprint density at radius 1 is 1.20 bits per heavy atom. The summed E-state index contributed by atoms with van der Waals surface area (Å²) < 4.78 is 14.8. The standard InChI is InChI=1S/C23H16Cl2FN3O/c1-13-8-14(2-3-15(13)11-27)22(30)29-20-10-23(20,16-4-6-17(24)7-5-16)21-19(26)9-18(25)12-28-21/h2-9,12,20H,10H2,1H3,(H,29,30). The Morgan fingerprint density at radius 3 is 2.57 bits per heavy atom. The lowest BCUT2D eigenvalue weighted by atomic mass is 9.90. The number of nitrogens with one attached hydrogen (secondary N) is 1. The van der Waals surface area contributed by atoms with Crippen molar-refractivity contribution < 1.29 is 9.18 Å². The topological polar surface area (TPSA) is 65.8 Å². The third-order valence-electron chi connectivity index (χ3n) is 5.46. The molecule has 1 aliphatic carbocycles. The largest absolute Gasteiger partial charge is 0.348 e. The molecule has 1 aliphatic rings. The van der Waals surface area contributed by atoms with E-state index in [1.807, 2.05) is 12.1 Å². The van der Waals surface area contributed by atoms with Gasteiger partial charge in [-0.1, -0.05) is 35.3 Å². The number of hydrogen-bond donors (Lipinski definition) is 1. The van der Waals surface area contributed by atoms with Gasteiger partial charge in [-0.3, -0.25) is 9.78 Å². The van der Waals surface area contributed by atoms with Gasteiger partial charge in [-0.05, 0) is 60.9 Å². The molecule has 1 amide bonds. The molecule has 7 heteroatoms. The maximum Gasteiger partial charge on any atom is 0.251 e. The number of pyridine rings is 1. The molecule has 0 bridgehead atoms. The second-order valence-electron chi connectivity index (χ2n) is 7.33. The van der Waals surface area contributed by atoms with Crippen LogP contribution in [0.4, 0.5) is 4.39 Å². The molecule has 1 heterocycles. The molecule has 2 aromatic carbocycles. The van der Waals surface area contributed by atoms with Crippen LogP contribution in [0.1, 0.15) is 39.2 Å². The molecule has 1 saturated carbocycles. The number of benzene rings is 2. The number of carbonyl (C=O) groups is 1. The van der Waals surface area contributed by atoms with E-state index in [0.717, 1.165) is 11.1 Å². The van der Waals surface area contributed by atoms with Gasteiger partial charge >= 0.3 is 0 Å². The minimum absolute atomic E-state index is 0.205. The van der Waals surface area contributed by atoms with Crippen molar-refractivity contribution in [2.75, 3.05) is 0 Å². The maximum atomic E-state index is 14.8. The Labute approximate surface area is 183 Å². The van der Waals surface area contributed by atoms with Gasteiger partial charge in [0.05, 0.1) is 27.8 Å². The van der Waals surface area contributed by atoms with Crippen LogP contribution in [0.15, 0.2) is 54.7 Å². The SMILES string of the molecule is Cc1cc(C(=O)NC2CC2(c2ccc(Cl)cc2)c2ncc(Cl)cc2F)ccc1C#N. The van der Waals surface area contributed by atoms with Crippen LogP contribution in [0.2, 0.25) is 10.0 Å². The van der Waals surface area contributed by atoms with Gasteiger partial charge in [-0.15, -0.1) is 0 Å². The van der Waals surface area contributed by atoms with Crippen molar-refractivity contribution in [3.8, 4) is 6.07 Å². The van der Waals surface area contributed by atoms with E-state index in [0.29, 0.717) is 22.6 Å². The summed E-state index contributed by atoms with van der Waals surface area (Å²) in [5.74, 6) is -0.818. The van der Waals surface area contributed by atoms with Crippen LogP contribution in [0.25, 0.3) is 0 Å². The van der Waals surface area contributed by atoms with Crippen LogP contribution in [0.5, 0.6) is 0 Å². The predicted molar refractivity (Wildman–Crippen MR) is 113 cm³/mol. The molecular weight excluding hydrogens is 424 g/mol. The fourth-order valence-electron chi connectivity index (χ4n) is 3.82.